The Bertz CT molecular complexity index is 913. The summed E-state index contributed by atoms with van der Waals surface area (Å²) in [5, 5.41) is 8.44. The van der Waals surface area contributed by atoms with E-state index in [2.05, 4.69) is 4.98 Å². The number of benzene rings is 2. The van der Waals surface area contributed by atoms with E-state index in [0.29, 0.717) is 10.0 Å². The minimum absolute atomic E-state index is 0.0108. The van der Waals surface area contributed by atoms with E-state index in [4.69, 9.17) is 27.5 Å². The van der Waals surface area contributed by atoms with Crippen molar-refractivity contribution in [2.45, 2.75) is 6.61 Å². The molecule has 0 spiro atoms. The van der Waals surface area contributed by atoms with Crippen molar-refractivity contribution < 1.29 is 13.5 Å². The normalized spacial score (nSPS) is 10.9. The second-order valence-electron chi connectivity index (χ2n) is 4.66. The Labute approximate surface area is 139 Å². The standard InChI is InChI=1S/C15H10ClF2N3OS/c16-7-1-3-9-11(5-7)23-12(21-9)6-22-10-4-2-8(17)13(14(10)18)15(19)20/h1-5H,6H2,(H3,19,20). The molecule has 8 heteroatoms. The lowest BCUT2D eigenvalue weighted by Crippen LogP contribution is -2.16. The van der Waals surface area contributed by atoms with Gasteiger partial charge in [0.05, 0.1) is 15.8 Å². The molecule has 0 radical (unpaired) electrons. The molecule has 118 valence electrons. The molecule has 0 atom stereocenters. The maximum atomic E-state index is 14.1. The summed E-state index contributed by atoms with van der Waals surface area (Å²) in [6.07, 6.45) is 0. The van der Waals surface area contributed by atoms with Gasteiger partial charge in [0.2, 0.25) is 0 Å². The second kappa shape index (κ2) is 6.10. The molecule has 0 bridgehead atoms. The average molecular weight is 354 g/mol. The third kappa shape index (κ3) is 3.11. The molecule has 0 unspecified atom stereocenters. The first-order chi connectivity index (χ1) is 11.0. The lowest BCUT2D eigenvalue weighted by Gasteiger charge is -2.09. The third-order valence-corrected chi connectivity index (χ3v) is 4.30. The van der Waals surface area contributed by atoms with Crippen LogP contribution in [0.5, 0.6) is 5.75 Å². The number of thiazole rings is 1. The van der Waals surface area contributed by atoms with Crippen molar-refractivity contribution in [1.82, 2.24) is 4.98 Å². The van der Waals surface area contributed by atoms with Crippen molar-refractivity contribution in [3.05, 3.63) is 57.6 Å². The topological polar surface area (TPSA) is 72.0 Å². The van der Waals surface area contributed by atoms with Crippen LogP contribution in [-0.2, 0) is 6.61 Å². The van der Waals surface area contributed by atoms with Crippen LogP contribution in [0.1, 0.15) is 10.6 Å². The summed E-state index contributed by atoms with van der Waals surface area (Å²) in [5.74, 6) is -2.78. The van der Waals surface area contributed by atoms with E-state index in [1.54, 1.807) is 18.2 Å². The summed E-state index contributed by atoms with van der Waals surface area (Å²) in [7, 11) is 0. The van der Waals surface area contributed by atoms with Crippen LogP contribution in [0.15, 0.2) is 30.3 Å². The van der Waals surface area contributed by atoms with Gasteiger partial charge in [-0.3, -0.25) is 5.41 Å². The molecular formula is C15H10ClF2N3OS. The van der Waals surface area contributed by atoms with Gasteiger partial charge >= 0.3 is 0 Å². The molecule has 0 saturated heterocycles. The van der Waals surface area contributed by atoms with Crippen LogP contribution in [0, 0.1) is 17.0 Å². The van der Waals surface area contributed by atoms with Gasteiger partial charge in [0.25, 0.3) is 0 Å². The Morgan fingerprint density at radius 1 is 1.30 bits per heavy atom. The maximum Gasteiger partial charge on any atom is 0.178 e. The van der Waals surface area contributed by atoms with Gasteiger partial charge in [-0.2, -0.15) is 0 Å². The van der Waals surface area contributed by atoms with Crippen molar-refractivity contribution in [2.24, 2.45) is 5.73 Å². The highest BCUT2D eigenvalue weighted by Crippen LogP contribution is 2.28. The number of fused-ring (bicyclic) bond motifs is 1. The Hall–Kier alpha value is -2.25. The predicted molar refractivity (Wildman–Crippen MR) is 86.3 cm³/mol. The molecule has 1 heterocycles. The number of rotatable bonds is 4. The molecule has 3 aromatic rings. The van der Waals surface area contributed by atoms with Crippen molar-refractivity contribution in [1.29, 1.82) is 5.41 Å². The zero-order chi connectivity index (χ0) is 16.6. The number of hydrogen-bond acceptors (Lipinski definition) is 4. The molecule has 4 nitrogen and oxygen atoms in total. The van der Waals surface area contributed by atoms with Gasteiger partial charge in [0, 0.05) is 5.02 Å². The SMILES string of the molecule is N=C(N)c1c(F)ccc(OCc2nc3ccc(Cl)cc3s2)c1F. The molecule has 0 saturated carbocycles. The van der Waals surface area contributed by atoms with E-state index < -0.39 is 23.0 Å². The highest BCUT2D eigenvalue weighted by atomic mass is 35.5. The fraction of sp³-hybridized carbons (Fsp3) is 0.0667. The first-order valence-corrected chi connectivity index (χ1v) is 7.65. The molecule has 0 fully saturated rings. The zero-order valence-electron chi connectivity index (χ0n) is 11.6. The Morgan fingerprint density at radius 3 is 2.83 bits per heavy atom. The molecule has 0 aliphatic rings. The quantitative estimate of drug-likeness (QED) is 0.548. The summed E-state index contributed by atoms with van der Waals surface area (Å²) >= 11 is 7.28. The maximum absolute atomic E-state index is 14.1. The minimum Gasteiger partial charge on any atom is -0.483 e. The molecular weight excluding hydrogens is 344 g/mol. The highest BCUT2D eigenvalue weighted by molar-refractivity contribution is 7.18. The third-order valence-electron chi connectivity index (χ3n) is 3.07. The van der Waals surface area contributed by atoms with E-state index in [0.717, 1.165) is 22.3 Å². The number of nitrogen functional groups attached to an aromatic ring is 1. The predicted octanol–water partition coefficient (Wildman–Crippen LogP) is 4.09. The number of hydrogen-bond donors (Lipinski definition) is 2. The summed E-state index contributed by atoms with van der Waals surface area (Å²) in [6, 6.07) is 7.45. The number of nitrogens with two attached hydrogens (primary N) is 1. The van der Waals surface area contributed by atoms with Crippen LogP contribution in [0.4, 0.5) is 8.78 Å². The van der Waals surface area contributed by atoms with E-state index in [9.17, 15) is 8.78 Å². The van der Waals surface area contributed by atoms with Crippen molar-refractivity contribution in [2.75, 3.05) is 0 Å². The van der Waals surface area contributed by atoms with Gasteiger partial charge in [-0.25, -0.2) is 13.8 Å². The average Bonchev–Trinajstić information content (AvgIpc) is 2.88. The second-order valence-corrected chi connectivity index (χ2v) is 6.21. The smallest absolute Gasteiger partial charge is 0.178 e. The van der Waals surface area contributed by atoms with Crippen molar-refractivity contribution in [3.8, 4) is 5.75 Å². The first kappa shape index (κ1) is 15.6. The van der Waals surface area contributed by atoms with Crippen LogP contribution in [0.25, 0.3) is 10.2 Å². The summed E-state index contributed by atoms with van der Waals surface area (Å²) in [6.45, 7) is 0.0108. The van der Waals surface area contributed by atoms with Crippen LogP contribution in [-0.4, -0.2) is 10.8 Å². The van der Waals surface area contributed by atoms with Crippen LogP contribution >= 0.6 is 22.9 Å². The fourth-order valence-corrected chi connectivity index (χ4v) is 3.20. The van der Waals surface area contributed by atoms with Crippen molar-refractivity contribution >= 4 is 39.0 Å². The van der Waals surface area contributed by atoms with Gasteiger partial charge in [-0.1, -0.05) is 11.6 Å². The molecule has 3 N–H and O–H groups in total. The Balaban J connectivity index is 1.85. The summed E-state index contributed by atoms with van der Waals surface area (Å²) in [5.41, 5.74) is 5.35. The summed E-state index contributed by atoms with van der Waals surface area (Å²) < 4.78 is 33.8. The van der Waals surface area contributed by atoms with Crippen LogP contribution < -0.4 is 10.5 Å². The van der Waals surface area contributed by atoms with E-state index in [1.807, 2.05) is 0 Å². The molecule has 0 aliphatic heterocycles. The molecule has 0 amide bonds. The molecule has 3 rings (SSSR count). The fourth-order valence-electron chi connectivity index (χ4n) is 2.04. The summed E-state index contributed by atoms with van der Waals surface area (Å²) in [4.78, 5) is 4.35. The van der Waals surface area contributed by atoms with Crippen LogP contribution in [0.2, 0.25) is 5.02 Å². The Kier molecular flexibility index (Phi) is 4.14. The molecule has 1 aromatic heterocycles. The van der Waals surface area contributed by atoms with Gasteiger partial charge in [0.15, 0.2) is 11.6 Å². The highest BCUT2D eigenvalue weighted by Gasteiger charge is 2.17. The zero-order valence-corrected chi connectivity index (χ0v) is 13.1. The van der Waals surface area contributed by atoms with Crippen molar-refractivity contribution in [3.63, 3.8) is 0 Å². The number of nitrogens with one attached hydrogen (secondary N) is 1. The minimum atomic E-state index is -0.998. The van der Waals surface area contributed by atoms with E-state index >= 15 is 0 Å². The number of halogens is 3. The van der Waals surface area contributed by atoms with Gasteiger partial charge in [-0.15, -0.1) is 11.3 Å². The molecule has 2 aromatic carbocycles. The van der Waals surface area contributed by atoms with Gasteiger partial charge in [-0.05, 0) is 30.3 Å². The first-order valence-electron chi connectivity index (χ1n) is 6.46. The van der Waals surface area contributed by atoms with Crippen LogP contribution in [0.3, 0.4) is 0 Å². The molecule has 23 heavy (non-hydrogen) atoms. The van der Waals surface area contributed by atoms with Gasteiger partial charge in [0.1, 0.15) is 23.3 Å². The van der Waals surface area contributed by atoms with E-state index in [-0.39, 0.29) is 12.4 Å². The van der Waals surface area contributed by atoms with Gasteiger partial charge < -0.3 is 10.5 Å². The lowest BCUT2D eigenvalue weighted by molar-refractivity contribution is 0.289. The Morgan fingerprint density at radius 2 is 2.09 bits per heavy atom. The molecule has 0 aliphatic carbocycles. The van der Waals surface area contributed by atoms with E-state index in [1.165, 1.54) is 11.3 Å². The largest absolute Gasteiger partial charge is 0.483 e. The number of aromatic nitrogens is 1. The monoisotopic (exact) mass is 353 g/mol. The number of amidine groups is 1. The number of ether oxygens (including phenoxy) is 1. The number of nitrogens with zero attached hydrogens (tertiary/aromatic N) is 1. The lowest BCUT2D eigenvalue weighted by atomic mass is 10.1.